The van der Waals surface area contributed by atoms with Gasteiger partial charge in [0.1, 0.15) is 30.3 Å². The average Bonchev–Trinajstić information content (AvgIpc) is 2.85. The number of hydrogen-bond donors (Lipinski definition) is 3. The minimum Gasteiger partial charge on any atom is -0.491 e. The van der Waals surface area contributed by atoms with Crippen molar-refractivity contribution in [3.63, 3.8) is 0 Å². The molecule has 1 aliphatic heterocycles. The van der Waals surface area contributed by atoms with Crippen LogP contribution >= 0.6 is 0 Å². The number of benzene rings is 1. The topological polar surface area (TPSA) is 85.1 Å². The maximum absolute atomic E-state index is 5.63. The van der Waals surface area contributed by atoms with Crippen LogP contribution in [0.25, 0.3) is 0 Å². The first-order chi connectivity index (χ1) is 9.29. The van der Waals surface area contributed by atoms with Gasteiger partial charge in [0, 0.05) is 11.1 Å². The molecule has 1 aromatic carbocycles. The second kappa shape index (κ2) is 4.74. The fourth-order valence-electron chi connectivity index (χ4n) is 2.19. The van der Waals surface area contributed by atoms with Gasteiger partial charge in [0.2, 0.25) is 0 Å². The van der Waals surface area contributed by atoms with Crippen molar-refractivity contribution in [1.29, 1.82) is 0 Å². The lowest BCUT2D eigenvalue weighted by Crippen LogP contribution is -2.16. The first-order valence-corrected chi connectivity index (χ1v) is 6.06. The summed E-state index contributed by atoms with van der Waals surface area (Å²) in [6, 6.07) is 8.08. The number of para-hydroxylation sites is 1. The van der Waals surface area contributed by atoms with Gasteiger partial charge in [0.05, 0.1) is 6.04 Å². The lowest BCUT2D eigenvalue weighted by molar-refractivity contribution is 0.339. The zero-order valence-corrected chi connectivity index (χ0v) is 10.6. The Kier molecular flexibility index (Phi) is 2.92. The van der Waals surface area contributed by atoms with Crippen molar-refractivity contribution in [2.45, 2.75) is 13.0 Å². The second-order valence-corrected chi connectivity index (χ2v) is 4.39. The number of nitrogens with two attached hydrogens (primary N) is 1. The molecule has 2 aromatic rings. The Morgan fingerprint density at radius 1 is 1.26 bits per heavy atom. The molecule has 0 saturated carbocycles. The van der Waals surface area contributed by atoms with E-state index in [-0.39, 0.29) is 6.04 Å². The molecule has 6 heteroatoms. The number of anilines is 2. The van der Waals surface area contributed by atoms with E-state index in [1.54, 1.807) is 0 Å². The van der Waals surface area contributed by atoms with E-state index in [0.717, 1.165) is 22.7 Å². The Morgan fingerprint density at radius 3 is 2.89 bits per heavy atom. The van der Waals surface area contributed by atoms with Crippen LogP contribution in [0.2, 0.25) is 0 Å². The zero-order chi connectivity index (χ0) is 13.2. The number of nitrogen functional groups attached to an aromatic ring is 1. The molecule has 6 nitrogen and oxygen atoms in total. The molecule has 4 N–H and O–H groups in total. The molecule has 1 aliphatic rings. The van der Waals surface area contributed by atoms with E-state index in [1.807, 2.05) is 25.1 Å². The first kappa shape index (κ1) is 11.7. The van der Waals surface area contributed by atoms with Crippen LogP contribution in [0.4, 0.5) is 11.6 Å². The summed E-state index contributed by atoms with van der Waals surface area (Å²) in [6.07, 6.45) is 1.48. The average molecular weight is 257 g/mol. The van der Waals surface area contributed by atoms with E-state index in [0.29, 0.717) is 12.4 Å². The summed E-state index contributed by atoms with van der Waals surface area (Å²) in [5.74, 6) is 7.70. The van der Waals surface area contributed by atoms with E-state index >= 15 is 0 Å². The summed E-state index contributed by atoms with van der Waals surface area (Å²) in [4.78, 5) is 8.31. The predicted octanol–water partition coefficient (Wildman–Crippen LogP) is 1.62. The standard InChI is InChI=1S/C13H15N5O/c1-8-12(15-7-16-13(8)18-14)17-10-6-19-11-5-3-2-4-9(10)11/h2-5,7,10H,6,14H2,1H3,(H2,15,16,17,18). The number of aromatic nitrogens is 2. The van der Waals surface area contributed by atoms with Crippen molar-refractivity contribution in [3.05, 3.63) is 41.7 Å². The van der Waals surface area contributed by atoms with Crippen LogP contribution in [-0.2, 0) is 0 Å². The summed E-state index contributed by atoms with van der Waals surface area (Å²) in [6.45, 7) is 2.51. The number of hydrazine groups is 1. The SMILES string of the molecule is Cc1c(NN)ncnc1NC1COc2ccccc21. The quantitative estimate of drug-likeness (QED) is 0.572. The molecular formula is C13H15N5O. The maximum Gasteiger partial charge on any atom is 0.148 e. The van der Waals surface area contributed by atoms with Crippen LogP contribution in [0.5, 0.6) is 5.75 Å². The number of nitrogens with one attached hydrogen (secondary N) is 2. The van der Waals surface area contributed by atoms with Gasteiger partial charge in [-0.05, 0) is 13.0 Å². The molecule has 0 aliphatic carbocycles. The van der Waals surface area contributed by atoms with Crippen LogP contribution in [-0.4, -0.2) is 16.6 Å². The molecule has 0 fully saturated rings. The molecule has 1 atom stereocenters. The molecule has 2 heterocycles. The maximum atomic E-state index is 5.63. The minimum atomic E-state index is 0.0930. The fraction of sp³-hybridized carbons (Fsp3) is 0.231. The van der Waals surface area contributed by atoms with Gasteiger partial charge in [-0.15, -0.1) is 0 Å². The minimum absolute atomic E-state index is 0.0930. The third-order valence-corrected chi connectivity index (χ3v) is 3.23. The van der Waals surface area contributed by atoms with Gasteiger partial charge < -0.3 is 15.5 Å². The number of rotatable bonds is 3. The molecule has 1 aromatic heterocycles. The molecule has 0 spiro atoms. The second-order valence-electron chi connectivity index (χ2n) is 4.39. The smallest absolute Gasteiger partial charge is 0.148 e. The number of ether oxygens (including phenoxy) is 1. The summed E-state index contributed by atoms with van der Waals surface area (Å²) in [7, 11) is 0. The molecule has 3 rings (SSSR count). The Bertz CT molecular complexity index is 601. The third-order valence-electron chi connectivity index (χ3n) is 3.23. The van der Waals surface area contributed by atoms with Gasteiger partial charge in [-0.2, -0.15) is 0 Å². The van der Waals surface area contributed by atoms with Crippen molar-refractivity contribution in [2.75, 3.05) is 17.3 Å². The number of fused-ring (bicyclic) bond motifs is 1. The number of nitrogens with zero attached hydrogens (tertiary/aromatic N) is 2. The Balaban J connectivity index is 1.87. The fourth-order valence-corrected chi connectivity index (χ4v) is 2.19. The zero-order valence-electron chi connectivity index (χ0n) is 10.6. The Labute approximate surface area is 111 Å². The van der Waals surface area contributed by atoms with Crippen molar-refractivity contribution in [3.8, 4) is 5.75 Å². The van der Waals surface area contributed by atoms with Gasteiger partial charge >= 0.3 is 0 Å². The normalized spacial score (nSPS) is 16.6. The van der Waals surface area contributed by atoms with E-state index in [4.69, 9.17) is 10.6 Å². The lowest BCUT2D eigenvalue weighted by Gasteiger charge is -2.15. The largest absolute Gasteiger partial charge is 0.491 e. The predicted molar refractivity (Wildman–Crippen MR) is 72.9 cm³/mol. The van der Waals surface area contributed by atoms with Gasteiger partial charge in [-0.25, -0.2) is 15.8 Å². The number of hydrogen-bond acceptors (Lipinski definition) is 6. The van der Waals surface area contributed by atoms with Crippen molar-refractivity contribution in [1.82, 2.24) is 9.97 Å². The summed E-state index contributed by atoms with van der Waals surface area (Å²) in [5.41, 5.74) is 4.58. The first-order valence-electron chi connectivity index (χ1n) is 6.06. The lowest BCUT2D eigenvalue weighted by atomic mass is 10.1. The monoisotopic (exact) mass is 257 g/mol. The highest BCUT2D eigenvalue weighted by molar-refractivity contribution is 5.57. The molecule has 1 unspecified atom stereocenters. The molecule has 19 heavy (non-hydrogen) atoms. The molecular weight excluding hydrogens is 242 g/mol. The summed E-state index contributed by atoms with van der Waals surface area (Å²) >= 11 is 0. The molecule has 98 valence electrons. The van der Waals surface area contributed by atoms with Crippen molar-refractivity contribution < 1.29 is 4.74 Å². The van der Waals surface area contributed by atoms with Gasteiger partial charge in [0.25, 0.3) is 0 Å². The van der Waals surface area contributed by atoms with E-state index in [2.05, 4.69) is 26.8 Å². The van der Waals surface area contributed by atoms with Crippen LogP contribution < -0.4 is 21.3 Å². The van der Waals surface area contributed by atoms with Gasteiger partial charge in [-0.3, -0.25) is 0 Å². The molecule has 0 amide bonds. The van der Waals surface area contributed by atoms with Crippen molar-refractivity contribution >= 4 is 11.6 Å². The van der Waals surface area contributed by atoms with Gasteiger partial charge in [-0.1, -0.05) is 18.2 Å². The summed E-state index contributed by atoms with van der Waals surface area (Å²) < 4.78 is 5.63. The van der Waals surface area contributed by atoms with E-state index in [1.165, 1.54) is 6.33 Å². The summed E-state index contributed by atoms with van der Waals surface area (Å²) in [5, 5.41) is 3.37. The van der Waals surface area contributed by atoms with Crippen LogP contribution in [0.1, 0.15) is 17.2 Å². The van der Waals surface area contributed by atoms with Crippen LogP contribution in [0.3, 0.4) is 0 Å². The highest BCUT2D eigenvalue weighted by atomic mass is 16.5. The molecule has 0 bridgehead atoms. The van der Waals surface area contributed by atoms with Crippen molar-refractivity contribution in [2.24, 2.45) is 5.84 Å². The van der Waals surface area contributed by atoms with Gasteiger partial charge in [0.15, 0.2) is 0 Å². The highest BCUT2D eigenvalue weighted by Gasteiger charge is 2.24. The molecule has 0 saturated heterocycles. The van der Waals surface area contributed by atoms with E-state index < -0.39 is 0 Å². The van der Waals surface area contributed by atoms with Crippen LogP contribution in [0, 0.1) is 6.92 Å². The third kappa shape index (κ3) is 2.06. The van der Waals surface area contributed by atoms with E-state index in [9.17, 15) is 0 Å². The Morgan fingerprint density at radius 2 is 2.05 bits per heavy atom. The van der Waals surface area contributed by atoms with Crippen LogP contribution in [0.15, 0.2) is 30.6 Å². The molecule has 0 radical (unpaired) electrons. The Hall–Kier alpha value is -2.34. The highest BCUT2D eigenvalue weighted by Crippen LogP contribution is 2.34.